The highest BCUT2D eigenvalue weighted by Crippen LogP contribution is 2.32. The van der Waals surface area contributed by atoms with Gasteiger partial charge in [-0.15, -0.1) is 0 Å². The van der Waals surface area contributed by atoms with Crippen molar-refractivity contribution in [3.8, 4) is 0 Å². The number of rotatable bonds is 1. The first-order valence-corrected chi connectivity index (χ1v) is 10.9. The van der Waals surface area contributed by atoms with Crippen LogP contribution in [0.15, 0.2) is 55.1 Å². The summed E-state index contributed by atoms with van der Waals surface area (Å²) in [4.78, 5) is 3.54. The summed E-state index contributed by atoms with van der Waals surface area (Å²) < 4.78 is 37.4. The highest BCUT2D eigenvalue weighted by Gasteiger charge is 2.33. The second-order valence-electron chi connectivity index (χ2n) is 7.74. The summed E-state index contributed by atoms with van der Waals surface area (Å²) in [5.74, 6) is 0. The zero-order valence-corrected chi connectivity index (χ0v) is 18.9. The lowest BCUT2D eigenvalue weighted by molar-refractivity contribution is -0.140. The van der Waals surface area contributed by atoms with Gasteiger partial charge >= 0.3 is 6.18 Å². The molecular weight excluding hydrogens is 435 g/mol. The summed E-state index contributed by atoms with van der Waals surface area (Å²) in [7, 11) is 0. The van der Waals surface area contributed by atoms with Gasteiger partial charge in [-0.25, -0.2) is 4.98 Å². The predicted octanol–water partition coefficient (Wildman–Crippen LogP) is 7.75. The van der Waals surface area contributed by atoms with E-state index in [0.717, 1.165) is 17.2 Å². The van der Waals surface area contributed by atoms with Crippen molar-refractivity contribution >= 4 is 33.9 Å². The molecule has 1 aliphatic carbocycles. The van der Waals surface area contributed by atoms with Crippen LogP contribution in [0.2, 0.25) is 5.02 Å². The normalized spacial score (nSPS) is 13.4. The Morgan fingerprint density at radius 3 is 2.00 bits per heavy atom. The van der Waals surface area contributed by atoms with E-state index in [0.29, 0.717) is 16.1 Å². The van der Waals surface area contributed by atoms with Crippen molar-refractivity contribution in [1.82, 2.24) is 4.98 Å². The van der Waals surface area contributed by atoms with Gasteiger partial charge in [0.2, 0.25) is 0 Å². The third-order valence-electron chi connectivity index (χ3n) is 5.01. The second-order valence-corrected chi connectivity index (χ2v) is 8.15. The van der Waals surface area contributed by atoms with Crippen LogP contribution in [0.25, 0.3) is 16.6 Å². The smallest absolute Gasteiger partial charge is 0.399 e. The first kappa shape index (κ1) is 25.5. The molecule has 0 atom stereocenters. The number of halogens is 4. The maximum absolute atomic E-state index is 12.5. The average molecular weight is 464 g/mol. The topological polar surface area (TPSA) is 64.9 Å². The van der Waals surface area contributed by atoms with Crippen molar-refractivity contribution < 1.29 is 13.2 Å². The van der Waals surface area contributed by atoms with E-state index in [1.54, 1.807) is 18.2 Å². The van der Waals surface area contributed by atoms with E-state index in [2.05, 4.69) is 11.6 Å². The number of nitrogens with two attached hydrogens (primary N) is 2. The Hall–Kier alpha value is -2.73. The maximum Gasteiger partial charge on any atom is 0.433 e. The van der Waals surface area contributed by atoms with E-state index in [4.69, 9.17) is 23.1 Å². The van der Waals surface area contributed by atoms with Crippen LogP contribution < -0.4 is 11.5 Å². The number of nitrogens with zero attached hydrogens (tertiary/aromatic N) is 1. The van der Waals surface area contributed by atoms with E-state index in [9.17, 15) is 13.2 Å². The third kappa shape index (κ3) is 7.75. The summed E-state index contributed by atoms with van der Waals surface area (Å²) in [6.45, 7) is 5.42. The largest absolute Gasteiger partial charge is 0.433 e. The number of anilines is 1. The molecule has 1 heterocycles. The fourth-order valence-electron chi connectivity index (χ4n) is 3.29. The molecule has 172 valence electrons. The van der Waals surface area contributed by atoms with Crippen molar-refractivity contribution in [2.45, 2.75) is 51.6 Å². The zero-order valence-electron chi connectivity index (χ0n) is 18.2. The first-order valence-electron chi connectivity index (χ1n) is 10.5. The van der Waals surface area contributed by atoms with Crippen molar-refractivity contribution in [1.29, 1.82) is 0 Å². The predicted molar refractivity (Wildman–Crippen MR) is 128 cm³/mol. The number of nitrogen functional groups attached to an aromatic ring is 1. The zero-order chi connectivity index (χ0) is 23.7. The quantitative estimate of drug-likeness (QED) is 0.387. The highest BCUT2D eigenvalue weighted by molar-refractivity contribution is 6.32. The van der Waals surface area contributed by atoms with Crippen molar-refractivity contribution in [3.05, 3.63) is 77.0 Å². The number of pyridine rings is 1. The molecule has 0 amide bonds. The lowest BCUT2D eigenvalue weighted by Crippen LogP contribution is -2.09. The summed E-state index contributed by atoms with van der Waals surface area (Å²) in [6.07, 6.45) is 4.53. The van der Waals surface area contributed by atoms with Gasteiger partial charge in [0.1, 0.15) is 5.69 Å². The van der Waals surface area contributed by atoms with Gasteiger partial charge in [-0.2, -0.15) is 13.2 Å². The summed E-state index contributed by atoms with van der Waals surface area (Å²) in [5, 5.41) is 1.20. The SMILES string of the molecule is C1CCCCC1.C=C(N)c1ccccc1Cl.Cc1ccc2nc(C(F)(F)F)cc(N)c2c1. The molecule has 32 heavy (non-hydrogen) atoms. The molecule has 0 aliphatic heterocycles. The molecule has 7 heteroatoms. The number of hydrogen-bond acceptors (Lipinski definition) is 3. The molecule has 2 aromatic carbocycles. The van der Waals surface area contributed by atoms with Gasteiger partial charge in [-0.05, 0) is 31.2 Å². The maximum atomic E-state index is 12.5. The van der Waals surface area contributed by atoms with Gasteiger partial charge in [0.25, 0.3) is 0 Å². The van der Waals surface area contributed by atoms with Gasteiger partial charge in [0.15, 0.2) is 0 Å². The highest BCUT2D eigenvalue weighted by atomic mass is 35.5. The fourth-order valence-corrected chi connectivity index (χ4v) is 3.55. The van der Waals surface area contributed by atoms with Crippen LogP contribution in [0.5, 0.6) is 0 Å². The molecule has 1 saturated carbocycles. The van der Waals surface area contributed by atoms with Crippen LogP contribution in [0.1, 0.15) is 55.3 Å². The van der Waals surface area contributed by atoms with Crippen LogP contribution in [-0.4, -0.2) is 4.98 Å². The van der Waals surface area contributed by atoms with E-state index >= 15 is 0 Å². The Balaban J connectivity index is 0.000000192. The Morgan fingerprint density at radius 2 is 1.53 bits per heavy atom. The van der Waals surface area contributed by atoms with Gasteiger partial charge in [-0.3, -0.25) is 0 Å². The number of aryl methyl sites for hydroxylation is 1. The molecule has 0 bridgehead atoms. The Labute approximate surface area is 192 Å². The van der Waals surface area contributed by atoms with E-state index in [1.807, 2.05) is 25.1 Å². The number of fused-ring (bicyclic) bond motifs is 1. The van der Waals surface area contributed by atoms with E-state index < -0.39 is 11.9 Å². The minimum atomic E-state index is -4.47. The first-order chi connectivity index (χ1) is 15.1. The fraction of sp³-hybridized carbons (Fsp3) is 0.320. The molecule has 3 nitrogen and oxygen atoms in total. The Kier molecular flexibility index (Phi) is 9.39. The number of aromatic nitrogens is 1. The number of hydrogen-bond donors (Lipinski definition) is 2. The van der Waals surface area contributed by atoms with Crippen LogP contribution >= 0.6 is 11.6 Å². The monoisotopic (exact) mass is 463 g/mol. The molecule has 3 aromatic rings. The van der Waals surface area contributed by atoms with E-state index in [-0.39, 0.29) is 11.2 Å². The van der Waals surface area contributed by atoms with Crippen LogP contribution in [-0.2, 0) is 6.18 Å². The van der Waals surface area contributed by atoms with Crippen molar-refractivity contribution in [3.63, 3.8) is 0 Å². The molecule has 1 fully saturated rings. The molecule has 0 spiro atoms. The van der Waals surface area contributed by atoms with Crippen molar-refractivity contribution in [2.75, 3.05) is 5.73 Å². The summed E-state index contributed by atoms with van der Waals surface area (Å²) in [5.41, 5.74) is 12.7. The minimum Gasteiger partial charge on any atom is -0.399 e. The van der Waals surface area contributed by atoms with Crippen LogP contribution in [0.4, 0.5) is 18.9 Å². The molecule has 4 N–H and O–H groups in total. The van der Waals surface area contributed by atoms with Crippen LogP contribution in [0.3, 0.4) is 0 Å². The van der Waals surface area contributed by atoms with E-state index in [1.165, 1.54) is 44.6 Å². The molecule has 1 aromatic heterocycles. The molecule has 4 rings (SSSR count). The summed E-state index contributed by atoms with van der Waals surface area (Å²) >= 11 is 5.78. The average Bonchev–Trinajstić information content (AvgIpc) is 2.76. The third-order valence-corrected chi connectivity index (χ3v) is 5.34. The van der Waals surface area contributed by atoms with Gasteiger partial charge in [0.05, 0.1) is 5.52 Å². The Morgan fingerprint density at radius 1 is 0.969 bits per heavy atom. The van der Waals surface area contributed by atoms with Gasteiger partial charge < -0.3 is 11.5 Å². The number of alkyl halides is 3. The van der Waals surface area contributed by atoms with Gasteiger partial charge in [-0.1, -0.05) is 86.5 Å². The second kappa shape index (κ2) is 11.8. The lowest BCUT2D eigenvalue weighted by atomic mass is 10.0. The molecule has 0 saturated heterocycles. The van der Waals surface area contributed by atoms with Gasteiger partial charge in [0, 0.05) is 27.4 Å². The molecular formula is C25H29ClF3N3. The number of benzene rings is 2. The molecule has 0 radical (unpaired) electrons. The molecule has 1 aliphatic rings. The molecule has 0 unspecified atom stereocenters. The lowest BCUT2D eigenvalue weighted by Gasteiger charge is -2.09. The Bertz CT molecular complexity index is 1030. The standard InChI is InChI=1S/C11H9F3N2.C8H8ClN.C6H12/c1-6-2-3-9-7(4-6)8(15)5-10(16-9)11(12,13)14;1-6(10)7-4-2-3-5-8(7)9;1-2-4-6-5-3-1/h2-5H,1H3,(H2,15,16);2-5H,1,10H2;1-6H2. The van der Waals surface area contributed by atoms with Crippen molar-refractivity contribution in [2.24, 2.45) is 5.73 Å². The summed E-state index contributed by atoms with van der Waals surface area (Å²) in [6, 6.07) is 13.2. The van der Waals surface area contributed by atoms with Crippen LogP contribution in [0, 0.1) is 6.92 Å². The minimum absolute atomic E-state index is 0.0982.